The number of para-hydroxylation sites is 2. The van der Waals surface area contributed by atoms with Crippen LogP contribution < -0.4 is 20.5 Å². The number of rotatable bonds is 5. The molecule has 0 bridgehead atoms. The summed E-state index contributed by atoms with van der Waals surface area (Å²) in [6.07, 6.45) is 0.565. The molecule has 1 heterocycles. The number of carbonyl (C=O) groups is 1. The third-order valence-electron chi connectivity index (χ3n) is 3.84. The van der Waals surface area contributed by atoms with Crippen LogP contribution in [0.1, 0.15) is 26.7 Å². The van der Waals surface area contributed by atoms with E-state index in [1.807, 2.05) is 26.0 Å². The molecule has 0 aromatic heterocycles. The summed E-state index contributed by atoms with van der Waals surface area (Å²) >= 11 is 5.10. The first-order valence-corrected chi connectivity index (χ1v) is 7.43. The van der Waals surface area contributed by atoms with Gasteiger partial charge in [0.2, 0.25) is 6.10 Å². The second-order valence-electron chi connectivity index (χ2n) is 5.01. The molecule has 1 atom stereocenters. The molecule has 21 heavy (non-hydrogen) atoms. The summed E-state index contributed by atoms with van der Waals surface area (Å²) in [5, 5.41) is 2.92. The molecule has 1 unspecified atom stereocenters. The van der Waals surface area contributed by atoms with E-state index < -0.39 is 11.6 Å². The van der Waals surface area contributed by atoms with Gasteiger partial charge in [-0.15, -0.1) is 0 Å². The number of nitrogens with one attached hydrogen (secondary N) is 1. The monoisotopic (exact) mass is 308 g/mol. The van der Waals surface area contributed by atoms with Gasteiger partial charge in [0, 0.05) is 0 Å². The molecule has 0 saturated heterocycles. The van der Waals surface area contributed by atoms with Crippen LogP contribution in [0.5, 0.6) is 11.5 Å². The Bertz CT molecular complexity index is 543. The molecule has 6 heteroatoms. The maximum absolute atomic E-state index is 12.4. The molecule has 1 amide bonds. The maximum atomic E-state index is 12.4. The molecular weight excluding hydrogens is 288 g/mol. The minimum Gasteiger partial charge on any atom is -0.485 e. The fourth-order valence-corrected chi connectivity index (χ4v) is 2.64. The summed E-state index contributed by atoms with van der Waals surface area (Å²) < 4.78 is 11.2. The highest BCUT2D eigenvalue weighted by molar-refractivity contribution is 7.80. The van der Waals surface area contributed by atoms with Crippen molar-refractivity contribution < 1.29 is 14.3 Å². The van der Waals surface area contributed by atoms with E-state index in [4.69, 9.17) is 27.4 Å². The van der Waals surface area contributed by atoms with Gasteiger partial charge in [0.15, 0.2) is 11.5 Å². The largest absolute Gasteiger partial charge is 0.485 e. The Labute approximate surface area is 129 Å². The van der Waals surface area contributed by atoms with E-state index in [0.717, 1.165) is 0 Å². The van der Waals surface area contributed by atoms with Gasteiger partial charge in [0.25, 0.3) is 5.91 Å². The van der Waals surface area contributed by atoms with E-state index in [1.165, 1.54) is 0 Å². The standard InChI is InChI=1S/C15H20N2O3S/c1-3-15(4-2,14(16)21)17-13(18)12-9-19-10-7-5-6-8-11(10)20-12/h5-8,12H,3-4,9H2,1-2H3,(H2,16,21)(H,17,18). The zero-order valence-electron chi connectivity index (χ0n) is 12.2. The Morgan fingerprint density at radius 2 is 2.00 bits per heavy atom. The molecule has 1 aliphatic heterocycles. The molecule has 2 rings (SSSR count). The van der Waals surface area contributed by atoms with Gasteiger partial charge in [-0.2, -0.15) is 0 Å². The van der Waals surface area contributed by atoms with E-state index in [0.29, 0.717) is 24.3 Å². The predicted molar refractivity (Wildman–Crippen MR) is 84.6 cm³/mol. The van der Waals surface area contributed by atoms with Crippen LogP contribution in [0.3, 0.4) is 0 Å². The van der Waals surface area contributed by atoms with Gasteiger partial charge in [-0.25, -0.2) is 0 Å². The molecular formula is C15H20N2O3S. The molecule has 3 N–H and O–H groups in total. The van der Waals surface area contributed by atoms with Crippen molar-refractivity contribution >= 4 is 23.1 Å². The average molecular weight is 308 g/mol. The number of amides is 1. The highest BCUT2D eigenvalue weighted by Crippen LogP contribution is 2.31. The van der Waals surface area contributed by atoms with Crippen LogP contribution in [0.2, 0.25) is 0 Å². The van der Waals surface area contributed by atoms with Crippen molar-refractivity contribution in [1.82, 2.24) is 5.32 Å². The first kappa shape index (κ1) is 15.6. The number of hydrogen-bond donors (Lipinski definition) is 2. The van der Waals surface area contributed by atoms with E-state index >= 15 is 0 Å². The lowest BCUT2D eigenvalue weighted by atomic mass is 9.92. The van der Waals surface area contributed by atoms with Crippen molar-refractivity contribution in [3.63, 3.8) is 0 Å². The Morgan fingerprint density at radius 3 is 2.57 bits per heavy atom. The number of carbonyl (C=O) groups excluding carboxylic acids is 1. The quantitative estimate of drug-likeness (QED) is 0.811. The third kappa shape index (κ3) is 3.10. The average Bonchev–Trinajstić information content (AvgIpc) is 2.51. The smallest absolute Gasteiger partial charge is 0.265 e. The van der Waals surface area contributed by atoms with Gasteiger partial charge < -0.3 is 20.5 Å². The number of fused-ring (bicyclic) bond motifs is 1. The van der Waals surface area contributed by atoms with Gasteiger partial charge in [0.1, 0.15) is 6.61 Å². The van der Waals surface area contributed by atoms with Crippen LogP contribution in [0, 0.1) is 0 Å². The van der Waals surface area contributed by atoms with Crippen molar-refractivity contribution in [2.75, 3.05) is 6.61 Å². The van der Waals surface area contributed by atoms with Crippen molar-refractivity contribution in [3.8, 4) is 11.5 Å². The zero-order valence-corrected chi connectivity index (χ0v) is 13.0. The van der Waals surface area contributed by atoms with Crippen LogP contribution in [0.15, 0.2) is 24.3 Å². The molecule has 0 aliphatic carbocycles. The lowest BCUT2D eigenvalue weighted by Crippen LogP contribution is -2.59. The molecule has 0 saturated carbocycles. The topological polar surface area (TPSA) is 73.6 Å². The summed E-state index contributed by atoms with van der Waals surface area (Å²) in [5.41, 5.74) is 5.12. The fourth-order valence-electron chi connectivity index (χ4n) is 2.30. The fraction of sp³-hybridized carbons (Fsp3) is 0.467. The highest BCUT2D eigenvalue weighted by atomic mass is 32.1. The van der Waals surface area contributed by atoms with E-state index in [-0.39, 0.29) is 17.5 Å². The molecule has 114 valence electrons. The Kier molecular flexibility index (Phi) is 4.67. The lowest BCUT2D eigenvalue weighted by molar-refractivity contribution is -0.131. The van der Waals surface area contributed by atoms with Crippen LogP contribution in [0.4, 0.5) is 0 Å². The van der Waals surface area contributed by atoms with Gasteiger partial charge >= 0.3 is 0 Å². The normalized spacial score (nSPS) is 17.1. The minimum absolute atomic E-state index is 0.170. The molecule has 1 aromatic carbocycles. The van der Waals surface area contributed by atoms with Crippen LogP contribution in [0.25, 0.3) is 0 Å². The molecule has 5 nitrogen and oxygen atoms in total. The first-order chi connectivity index (χ1) is 10.0. The zero-order chi connectivity index (χ0) is 15.5. The maximum Gasteiger partial charge on any atom is 0.265 e. The second-order valence-corrected chi connectivity index (χ2v) is 5.45. The van der Waals surface area contributed by atoms with Crippen LogP contribution in [-0.4, -0.2) is 29.1 Å². The Hall–Kier alpha value is -1.82. The molecule has 0 radical (unpaired) electrons. The summed E-state index contributed by atoms with van der Waals surface area (Å²) in [7, 11) is 0. The van der Waals surface area contributed by atoms with Crippen molar-refractivity contribution in [1.29, 1.82) is 0 Å². The SMILES string of the molecule is CCC(CC)(NC(=O)C1COc2ccccc2O1)C(N)=S. The Morgan fingerprint density at radius 1 is 1.38 bits per heavy atom. The second kappa shape index (κ2) is 6.30. The molecule has 0 spiro atoms. The summed E-state index contributed by atoms with van der Waals surface area (Å²) in [6.45, 7) is 4.05. The van der Waals surface area contributed by atoms with Crippen LogP contribution >= 0.6 is 12.2 Å². The highest BCUT2D eigenvalue weighted by Gasteiger charge is 2.36. The first-order valence-electron chi connectivity index (χ1n) is 7.03. The molecule has 1 aromatic rings. The van der Waals surface area contributed by atoms with Gasteiger partial charge in [-0.05, 0) is 25.0 Å². The molecule has 1 aliphatic rings. The van der Waals surface area contributed by atoms with Gasteiger partial charge in [-0.3, -0.25) is 4.79 Å². The van der Waals surface area contributed by atoms with Crippen molar-refractivity contribution in [2.24, 2.45) is 5.73 Å². The van der Waals surface area contributed by atoms with E-state index in [2.05, 4.69) is 5.32 Å². The number of thiocarbonyl (C=S) groups is 1. The number of hydrogen-bond acceptors (Lipinski definition) is 4. The van der Waals surface area contributed by atoms with Gasteiger partial charge in [0.05, 0.1) is 10.5 Å². The van der Waals surface area contributed by atoms with Crippen LogP contribution in [-0.2, 0) is 4.79 Å². The van der Waals surface area contributed by atoms with Crippen molar-refractivity contribution in [3.05, 3.63) is 24.3 Å². The Balaban J connectivity index is 2.10. The van der Waals surface area contributed by atoms with E-state index in [9.17, 15) is 4.79 Å². The third-order valence-corrected chi connectivity index (χ3v) is 4.23. The van der Waals surface area contributed by atoms with E-state index in [1.54, 1.807) is 12.1 Å². The lowest BCUT2D eigenvalue weighted by Gasteiger charge is -2.34. The number of ether oxygens (including phenoxy) is 2. The van der Waals surface area contributed by atoms with Crippen molar-refractivity contribution in [2.45, 2.75) is 38.3 Å². The molecule has 0 fully saturated rings. The summed E-state index contributed by atoms with van der Waals surface area (Å²) in [5.74, 6) is 0.951. The summed E-state index contributed by atoms with van der Waals surface area (Å²) in [4.78, 5) is 12.7. The predicted octanol–water partition coefficient (Wildman–Crippen LogP) is 1.79. The number of nitrogens with two attached hydrogens (primary N) is 1. The van der Waals surface area contributed by atoms with Gasteiger partial charge in [-0.1, -0.05) is 38.2 Å². The summed E-state index contributed by atoms with van der Waals surface area (Å²) in [6, 6.07) is 7.27. The minimum atomic E-state index is -0.702. The number of benzene rings is 1.